The number of methoxy groups -OCH3 is 1. The number of hydrogen-bond donors (Lipinski definition) is 1. The molecule has 2 amide bonds. The summed E-state index contributed by atoms with van der Waals surface area (Å²) in [6.07, 6.45) is 7.64. The van der Waals surface area contributed by atoms with Gasteiger partial charge in [0.2, 0.25) is 0 Å². The Morgan fingerprint density at radius 2 is 1.79 bits per heavy atom. The van der Waals surface area contributed by atoms with Gasteiger partial charge in [-0.3, -0.25) is 4.79 Å². The highest BCUT2D eigenvalue weighted by Crippen LogP contribution is 2.26. The standard InChI is InChI=1S/C31H51N3O5/c1-6-25-13-14-26(17-29(25)38-16-10-15-37-5)30(35)34(23(2)3)21-27-18-32-19-28(27)22-39-31(36)33(4)20-24-11-8-7-9-12-24/h13-14,17,23-24,27-28,32H,6-12,15-16,18-22H2,1-5H3/t27-,28-/m0/s1. The van der Waals surface area contributed by atoms with Crippen LogP contribution in [0.2, 0.25) is 0 Å². The average molecular weight is 546 g/mol. The SMILES string of the molecule is CCc1ccc(C(=O)N(C[C@@H]2CNC[C@H]2COC(=O)N(C)CC2CCCCC2)C(C)C)cc1OCCCOC. The van der Waals surface area contributed by atoms with Gasteiger partial charge in [0.25, 0.3) is 5.91 Å². The highest BCUT2D eigenvalue weighted by Gasteiger charge is 2.33. The van der Waals surface area contributed by atoms with Crippen molar-refractivity contribution in [2.45, 2.75) is 71.8 Å². The Balaban J connectivity index is 1.58. The molecule has 220 valence electrons. The number of benzene rings is 1. The molecule has 2 aliphatic rings. The monoisotopic (exact) mass is 545 g/mol. The summed E-state index contributed by atoms with van der Waals surface area (Å²) in [7, 11) is 3.53. The number of nitrogens with one attached hydrogen (secondary N) is 1. The summed E-state index contributed by atoms with van der Waals surface area (Å²) in [6.45, 7) is 10.7. The molecule has 0 aromatic heterocycles. The fourth-order valence-corrected chi connectivity index (χ4v) is 5.76. The molecule has 1 N–H and O–H groups in total. The van der Waals surface area contributed by atoms with E-state index in [1.807, 2.05) is 30.1 Å². The highest BCUT2D eigenvalue weighted by molar-refractivity contribution is 5.95. The van der Waals surface area contributed by atoms with E-state index in [2.05, 4.69) is 26.1 Å². The summed E-state index contributed by atoms with van der Waals surface area (Å²) < 4.78 is 16.9. The Kier molecular flexibility index (Phi) is 12.9. The van der Waals surface area contributed by atoms with Crippen LogP contribution in [0.4, 0.5) is 4.79 Å². The van der Waals surface area contributed by atoms with Gasteiger partial charge >= 0.3 is 6.09 Å². The molecule has 2 fully saturated rings. The first-order valence-electron chi connectivity index (χ1n) is 15.0. The molecule has 8 heteroatoms. The first-order chi connectivity index (χ1) is 18.8. The van der Waals surface area contributed by atoms with Crippen molar-refractivity contribution in [3.63, 3.8) is 0 Å². The maximum absolute atomic E-state index is 13.7. The molecule has 1 saturated carbocycles. The number of amides is 2. The van der Waals surface area contributed by atoms with Crippen molar-refractivity contribution in [3.05, 3.63) is 29.3 Å². The summed E-state index contributed by atoms with van der Waals surface area (Å²) in [5, 5.41) is 3.45. The van der Waals surface area contributed by atoms with Crippen LogP contribution in [0.15, 0.2) is 18.2 Å². The topological polar surface area (TPSA) is 80.3 Å². The van der Waals surface area contributed by atoms with Gasteiger partial charge in [0.05, 0.1) is 13.2 Å². The Bertz CT molecular complexity index is 902. The third kappa shape index (κ3) is 9.38. The van der Waals surface area contributed by atoms with Crippen LogP contribution in [0.5, 0.6) is 5.75 Å². The zero-order valence-electron chi connectivity index (χ0n) is 24.9. The molecule has 1 aliphatic heterocycles. The van der Waals surface area contributed by atoms with Crippen molar-refractivity contribution in [3.8, 4) is 5.75 Å². The van der Waals surface area contributed by atoms with Crippen molar-refractivity contribution in [1.29, 1.82) is 0 Å². The fourth-order valence-electron chi connectivity index (χ4n) is 5.76. The molecule has 1 aromatic rings. The van der Waals surface area contributed by atoms with Crippen LogP contribution >= 0.6 is 0 Å². The van der Waals surface area contributed by atoms with E-state index in [1.165, 1.54) is 32.1 Å². The Hall–Kier alpha value is -2.32. The molecular formula is C31H51N3O5. The summed E-state index contributed by atoms with van der Waals surface area (Å²) >= 11 is 0. The number of carbonyl (C=O) groups is 2. The van der Waals surface area contributed by atoms with E-state index in [4.69, 9.17) is 14.2 Å². The first-order valence-corrected chi connectivity index (χ1v) is 15.0. The highest BCUT2D eigenvalue weighted by atomic mass is 16.6. The second-order valence-electron chi connectivity index (χ2n) is 11.6. The zero-order chi connectivity index (χ0) is 28.2. The summed E-state index contributed by atoms with van der Waals surface area (Å²) in [5.41, 5.74) is 1.73. The fraction of sp³-hybridized carbons (Fsp3) is 0.742. The van der Waals surface area contributed by atoms with Crippen LogP contribution in [0.1, 0.15) is 75.2 Å². The predicted molar refractivity (Wildman–Crippen MR) is 154 cm³/mol. The number of rotatable bonds is 14. The van der Waals surface area contributed by atoms with Gasteiger partial charge < -0.3 is 29.3 Å². The van der Waals surface area contributed by atoms with Gasteiger partial charge in [0.15, 0.2) is 0 Å². The summed E-state index contributed by atoms with van der Waals surface area (Å²) in [4.78, 5) is 30.1. The minimum absolute atomic E-state index is 0.00394. The van der Waals surface area contributed by atoms with Crippen molar-refractivity contribution < 1.29 is 23.8 Å². The molecule has 1 aliphatic carbocycles. The second kappa shape index (κ2) is 16.1. The van der Waals surface area contributed by atoms with Gasteiger partial charge in [-0.1, -0.05) is 32.3 Å². The smallest absolute Gasteiger partial charge is 0.409 e. The molecule has 0 unspecified atom stereocenters. The minimum atomic E-state index is -0.239. The summed E-state index contributed by atoms with van der Waals surface area (Å²) in [6, 6.07) is 5.84. The Morgan fingerprint density at radius 1 is 1.05 bits per heavy atom. The van der Waals surface area contributed by atoms with Crippen LogP contribution in [0.25, 0.3) is 0 Å². The van der Waals surface area contributed by atoms with Crippen LogP contribution in [0.3, 0.4) is 0 Å². The van der Waals surface area contributed by atoms with Crippen LogP contribution in [0, 0.1) is 17.8 Å². The molecule has 0 spiro atoms. The zero-order valence-corrected chi connectivity index (χ0v) is 24.9. The van der Waals surface area contributed by atoms with Gasteiger partial charge in [-0.2, -0.15) is 0 Å². The number of aryl methyl sites for hydroxylation is 1. The number of ether oxygens (including phenoxy) is 3. The number of nitrogens with zero attached hydrogens (tertiary/aromatic N) is 2. The van der Waals surface area contributed by atoms with Crippen molar-refractivity contribution in [2.24, 2.45) is 17.8 Å². The molecule has 8 nitrogen and oxygen atoms in total. The van der Waals surface area contributed by atoms with Crippen molar-refractivity contribution in [1.82, 2.24) is 15.1 Å². The van der Waals surface area contributed by atoms with E-state index in [0.717, 1.165) is 43.8 Å². The van der Waals surface area contributed by atoms with Gasteiger partial charge in [0, 0.05) is 70.9 Å². The molecule has 1 heterocycles. The van der Waals surface area contributed by atoms with E-state index >= 15 is 0 Å². The van der Waals surface area contributed by atoms with Crippen LogP contribution in [-0.4, -0.2) is 88.0 Å². The molecule has 0 bridgehead atoms. The maximum Gasteiger partial charge on any atom is 0.409 e. The molecule has 2 atom stereocenters. The van der Waals surface area contributed by atoms with Gasteiger partial charge in [-0.05, 0) is 62.6 Å². The van der Waals surface area contributed by atoms with Gasteiger partial charge in [-0.15, -0.1) is 0 Å². The van der Waals surface area contributed by atoms with Crippen LogP contribution in [-0.2, 0) is 15.9 Å². The lowest BCUT2D eigenvalue weighted by molar-refractivity contribution is 0.0595. The van der Waals surface area contributed by atoms with E-state index < -0.39 is 0 Å². The average Bonchev–Trinajstić information content (AvgIpc) is 3.39. The van der Waals surface area contributed by atoms with E-state index in [1.54, 1.807) is 12.0 Å². The lowest BCUT2D eigenvalue weighted by atomic mass is 9.89. The van der Waals surface area contributed by atoms with E-state index in [9.17, 15) is 9.59 Å². The molecule has 39 heavy (non-hydrogen) atoms. The normalized spacial score (nSPS) is 19.7. The largest absolute Gasteiger partial charge is 0.493 e. The lowest BCUT2D eigenvalue weighted by Crippen LogP contribution is -2.43. The van der Waals surface area contributed by atoms with Gasteiger partial charge in [0.1, 0.15) is 5.75 Å². The van der Waals surface area contributed by atoms with Crippen LogP contribution < -0.4 is 10.1 Å². The third-order valence-corrected chi connectivity index (χ3v) is 8.23. The Morgan fingerprint density at radius 3 is 2.49 bits per heavy atom. The Labute approximate surface area is 235 Å². The third-order valence-electron chi connectivity index (χ3n) is 8.23. The molecule has 3 rings (SSSR count). The van der Waals surface area contributed by atoms with Gasteiger partial charge in [-0.25, -0.2) is 4.79 Å². The lowest BCUT2D eigenvalue weighted by Gasteiger charge is -2.32. The van der Waals surface area contributed by atoms with E-state index in [-0.39, 0.29) is 29.9 Å². The minimum Gasteiger partial charge on any atom is -0.493 e. The first kappa shape index (κ1) is 31.2. The van der Waals surface area contributed by atoms with E-state index in [0.29, 0.717) is 37.8 Å². The maximum atomic E-state index is 13.7. The number of carbonyl (C=O) groups excluding carboxylic acids is 2. The number of hydrogen-bond acceptors (Lipinski definition) is 6. The molecule has 1 aromatic carbocycles. The quantitative estimate of drug-likeness (QED) is 0.332. The van der Waals surface area contributed by atoms with Crippen molar-refractivity contribution >= 4 is 12.0 Å². The molecule has 1 saturated heterocycles. The molecular weight excluding hydrogens is 494 g/mol. The predicted octanol–water partition coefficient (Wildman–Crippen LogP) is 5.00. The van der Waals surface area contributed by atoms with Crippen molar-refractivity contribution in [2.75, 3.05) is 60.2 Å². The second-order valence-corrected chi connectivity index (χ2v) is 11.6. The summed E-state index contributed by atoms with van der Waals surface area (Å²) in [5.74, 6) is 1.75. The molecule has 0 radical (unpaired) electrons.